The first-order valence-corrected chi connectivity index (χ1v) is 14.8. The third kappa shape index (κ3) is 6.10. The van der Waals surface area contributed by atoms with Crippen LogP contribution in [0.2, 0.25) is 0 Å². The molecule has 0 saturated carbocycles. The molecular formula is C38H34N2O6. The standard InChI is InChI=1S/C21H21NO3.C17H13NO3/c1-14-18(20(24)25-21(2,3)4)16-12-8-9-13-17(16)22(14)19(23)15-10-6-5-7-11-15;1-11-15(17(20)21)13-9-5-6-10-14(13)18(11)16(19)12-7-3-2-4-8-12/h5-13H,1-4H3;2-10H,1H3,(H,20,21). The number of aromatic nitrogens is 2. The summed E-state index contributed by atoms with van der Waals surface area (Å²) in [4.78, 5) is 49.9. The molecule has 0 bridgehead atoms. The van der Waals surface area contributed by atoms with Gasteiger partial charge in [-0.25, -0.2) is 9.59 Å². The minimum absolute atomic E-state index is 0.163. The second kappa shape index (κ2) is 12.7. The number of carbonyl (C=O) groups excluding carboxylic acids is 3. The van der Waals surface area contributed by atoms with Crippen molar-refractivity contribution in [2.75, 3.05) is 0 Å². The van der Waals surface area contributed by atoms with Crippen molar-refractivity contribution in [2.45, 2.75) is 40.2 Å². The first kappa shape index (κ1) is 31.7. The lowest BCUT2D eigenvalue weighted by Gasteiger charge is -2.19. The summed E-state index contributed by atoms with van der Waals surface area (Å²) in [6.45, 7) is 8.92. The van der Waals surface area contributed by atoms with Gasteiger partial charge in [0.2, 0.25) is 0 Å². The minimum Gasteiger partial charge on any atom is -0.478 e. The fraction of sp³-hybridized carbons (Fsp3) is 0.158. The molecule has 0 unspecified atom stereocenters. The summed E-state index contributed by atoms with van der Waals surface area (Å²) in [5.41, 5.74) is 3.46. The summed E-state index contributed by atoms with van der Waals surface area (Å²) >= 11 is 0. The van der Waals surface area contributed by atoms with Crippen molar-refractivity contribution in [3.8, 4) is 0 Å². The van der Waals surface area contributed by atoms with Crippen LogP contribution in [0.15, 0.2) is 109 Å². The van der Waals surface area contributed by atoms with Gasteiger partial charge in [-0.15, -0.1) is 0 Å². The molecule has 46 heavy (non-hydrogen) atoms. The number of fused-ring (bicyclic) bond motifs is 2. The average molecular weight is 615 g/mol. The molecule has 232 valence electrons. The van der Waals surface area contributed by atoms with Gasteiger partial charge in [-0.3, -0.25) is 18.7 Å². The van der Waals surface area contributed by atoms with Crippen molar-refractivity contribution in [2.24, 2.45) is 0 Å². The minimum atomic E-state index is -1.02. The Morgan fingerprint density at radius 3 is 1.35 bits per heavy atom. The molecule has 0 aliphatic heterocycles. The lowest BCUT2D eigenvalue weighted by molar-refractivity contribution is 0.00706. The van der Waals surface area contributed by atoms with E-state index in [0.717, 1.165) is 5.39 Å². The first-order chi connectivity index (χ1) is 21.9. The zero-order valence-electron chi connectivity index (χ0n) is 26.3. The summed E-state index contributed by atoms with van der Waals surface area (Å²) in [5.74, 6) is -1.83. The van der Waals surface area contributed by atoms with E-state index in [9.17, 15) is 24.3 Å². The highest BCUT2D eigenvalue weighted by Crippen LogP contribution is 2.29. The molecule has 0 aliphatic carbocycles. The molecule has 8 heteroatoms. The molecule has 0 aliphatic rings. The quantitative estimate of drug-likeness (QED) is 0.202. The number of ether oxygens (including phenoxy) is 1. The van der Waals surface area contributed by atoms with Crippen LogP contribution in [0.25, 0.3) is 21.8 Å². The molecule has 4 aromatic carbocycles. The van der Waals surface area contributed by atoms with E-state index in [-0.39, 0.29) is 17.4 Å². The molecule has 0 atom stereocenters. The fourth-order valence-electron chi connectivity index (χ4n) is 5.53. The Morgan fingerprint density at radius 1 is 0.565 bits per heavy atom. The highest BCUT2D eigenvalue weighted by Gasteiger charge is 2.27. The molecule has 1 N–H and O–H groups in total. The lowest BCUT2D eigenvalue weighted by Crippen LogP contribution is -2.24. The highest BCUT2D eigenvalue weighted by atomic mass is 16.6. The van der Waals surface area contributed by atoms with Crippen molar-refractivity contribution in [1.29, 1.82) is 0 Å². The Kier molecular flexibility index (Phi) is 8.73. The molecule has 0 amide bonds. The average Bonchev–Trinajstić information content (AvgIpc) is 3.50. The van der Waals surface area contributed by atoms with Crippen molar-refractivity contribution in [3.05, 3.63) is 143 Å². The molecule has 0 saturated heterocycles. The van der Waals surface area contributed by atoms with Gasteiger partial charge in [-0.05, 0) is 71.0 Å². The van der Waals surface area contributed by atoms with Crippen molar-refractivity contribution >= 4 is 45.6 Å². The number of carbonyl (C=O) groups is 4. The molecule has 0 radical (unpaired) electrons. The number of hydrogen-bond acceptors (Lipinski definition) is 5. The van der Waals surface area contributed by atoms with E-state index in [0.29, 0.717) is 44.5 Å². The zero-order valence-corrected chi connectivity index (χ0v) is 26.3. The van der Waals surface area contributed by atoms with E-state index in [4.69, 9.17) is 4.74 Å². The van der Waals surface area contributed by atoms with Crippen molar-refractivity contribution in [3.63, 3.8) is 0 Å². The van der Waals surface area contributed by atoms with Crippen LogP contribution in [-0.2, 0) is 4.74 Å². The number of rotatable bonds is 4. The van der Waals surface area contributed by atoms with Crippen LogP contribution in [0.3, 0.4) is 0 Å². The van der Waals surface area contributed by atoms with Crippen LogP contribution in [-0.4, -0.2) is 43.6 Å². The maximum absolute atomic E-state index is 13.0. The van der Waals surface area contributed by atoms with Crippen LogP contribution in [0.4, 0.5) is 0 Å². The highest BCUT2D eigenvalue weighted by molar-refractivity contribution is 6.12. The summed E-state index contributed by atoms with van der Waals surface area (Å²) in [7, 11) is 0. The Hall–Kier alpha value is -5.76. The molecule has 8 nitrogen and oxygen atoms in total. The number of aromatic carboxylic acids is 1. The van der Waals surface area contributed by atoms with Crippen LogP contribution >= 0.6 is 0 Å². The number of benzene rings is 4. The Labute approximate surface area is 266 Å². The summed E-state index contributed by atoms with van der Waals surface area (Å²) in [6.07, 6.45) is 0. The molecule has 2 heterocycles. The number of nitrogens with zero attached hydrogens (tertiary/aromatic N) is 2. The van der Waals surface area contributed by atoms with E-state index >= 15 is 0 Å². The lowest BCUT2D eigenvalue weighted by atomic mass is 10.1. The van der Waals surface area contributed by atoms with E-state index in [1.807, 2.05) is 69.3 Å². The molecular weight excluding hydrogens is 580 g/mol. The molecule has 0 spiro atoms. The largest absolute Gasteiger partial charge is 0.478 e. The second-order valence-electron chi connectivity index (χ2n) is 11.8. The zero-order chi connectivity index (χ0) is 33.2. The third-order valence-electron chi connectivity index (χ3n) is 7.49. The van der Waals surface area contributed by atoms with Crippen LogP contribution in [0.5, 0.6) is 0 Å². The van der Waals surface area contributed by atoms with Crippen LogP contribution in [0.1, 0.15) is 73.6 Å². The van der Waals surface area contributed by atoms with Gasteiger partial charge in [0.25, 0.3) is 11.8 Å². The predicted octanol–water partition coefficient (Wildman–Crippen LogP) is 7.93. The number of carboxylic acid groups (broad SMARTS) is 1. The monoisotopic (exact) mass is 614 g/mol. The Balaban J connectivity index is 0.000000184. The van der Waals surface area contributed by atoms with Gasteiger partial charge >= 0.3 is 11.9 Å². The first-order valence-electron chi connectivity index (χ1n) is 14.8. The van der Waals surface area contributed by atoms with E-state index in [1.165, 1.54) is 4.57 Å². The maximum Gasteiger partial charge on any atom is 0.341 e. The Bertz CT molecular complexity index is 2100. The van der Waals surface area contributed by atoms with E-state index in [1.54, 1.807) is 79.1 Å². The van der Waals surface area contributed by atoms with Gasteiger partial charge in [-0.2, -0.15) is 0 Å². The summed E-state index contributed by atoms with van der Waals surface area (Å²) < 4.78 is 8.60. The normalized spacial score (nSPS) is 11.2. The fourth-order valence-corrected chi connectivity index (χ4v) is 5.53. The number of hydrogen-bond donors (Lipinski definition) is 1. The topological polar surface area (TPSA) is 108 Å². The van der Waals surface area contributed by atoms with E-state index < -0.39 is 17.5 Å². The van der Waals surface area contributed by atoms with Gasteiger partial charge in [0.05, 0.1) is 22.2 Å². The van der Waals surface area contributed by atoms with Gasteiger partial charge in [0, 0.05) is 33.3 Å². The van der Waals surface area contributed by atoms with Gasteiger partial charge in [0.1, 0.15) is 5.60 Å². The summed E-state index contributed by atoms with van der Waals surface area (Å²) in [5, 5.41) is 10.7. The van der Waals surface area contributed by atoms with Crippen molar-refractivity contribution < 1.29 is 29.0 Å². The van der Waals surface area contributed by atoms with Crippen LogP contribution in [0, 0.1) is 13.8 Å². The SMILES string of the molecule is Cc1c(C(=O)O)c2ccccc2n1C(=O)c1ccccc1.Cc1c(C(=O)OC(C)(C)C)c2ccccc2n1C(=O)c1ccccc1. The van der Waals surface area contributed by atoms with Gasteiger partial charge in [-0.1, -0.05) is 72.8 Å². The molecule has 6 rings (SSSR count). The van der Waals surface area contributed by atoms with Gasteiger partial charge in [0.15, 0.2) is 0 Å². The molecule has 6 aromatic rings. The molecule has 0 fully saturated rings. The maximum atomic E-state index is 13.0. The number of para-hydroxylation sites is 2. The van der Waals surface area contributed by atoms with Gasteiger partial charge < -0.3 is 9.84 Å². The number of esters is 1. The molecule has 2 aromatic heterocycles. The smallest absolute Gasteiger partial charge is 0.341 e. The van der Waals surface area contributed by atoms with Crippen LogP contribution < -0.4 is 0 Å². The second-order valence-corrected chi connectivity index (χ2v) is 11.8. The Morgan fingerprint density at radius 2 is 0.935 bits per heavy atom. The number of carboxylic acids is 1. The third-order valence-corrected chi connectivity index (χ3v) is 7.49. The predicted molar refractivity (Wildman–Crippen MR) is 178 cm³/mol. The summed E-state index contributed by atoms with van der Waals surface area (Å²) in [6, 6.07) is 32.3. The van der Waals surface area contributed by atoms with Crippen molar-refractivity contribution in [1.82, 2.24) is 9.13 Å². The van der Waals surface area contributed by atoms with E-state index in [2.05, 4.69) is 0 Å².